The third-order valence-electron chi connectivity index (χ3n) is 2.49. The second-order valence-corrected chi connectivity index (χ2v) is 5.72. The fourth-order valence-corrected chi connectivity index (χ4v) is 2.68. The predicted molar refractivity (Wildman–Crippen MR) is 74.0 cm³/mol. The molecule has 0 bridgehead atoms. The Hall–Kier alpha value is -1.16. The van der Waals surface area contributed by atoms with Crippen LogP contribution < -0.4 is 0 Å². The molecule has 0 aliphatic carbocycles. The van der Waals surface area contributed by atoms with E-state index in [0.717, 1.165) is 14.8 Å². The van der Waals surface area contributed by atoms with Gasteiger partial charge >= 0.3 is 0 Å². The van der Waals surface area contributed by atoms with E-state index < -0.39 is 6.10 Å². The van der Waals surface area contributed by atoms with Crippen LogP contribution in [0.1, 0.15) is 23.5 Å². The van der Waals surface area contributed by atoms with Crippen molar-refractivity contribution in [3.8, 4) is 0 Å². The summed E-state index contributed by atoms with van der Waals surface area (Å²) in [6, 6.07) is 13.2. The van der Waals surface area contributed by atoms with Crippen LogP contribution in [0, 0.1) is 0 Å². The van der Waals surface area contributed by atoms with Crippen LogP contribution in [0.5, 0.6) is 0 Å². The number of halogens is 1. The highest BCUT2D eigenvalue weighted by Gasteiger charge is 2.17. The Morgan fingerprint density at radius 3 is 2.56 bits per heavy atom. The van der Waals surface area contributed by atoms with Gasteiger partial charge in [-0.1, -0.05) is 41.9 Å². The molecular formula is C14H13ClO2S. The average Bonchev–Trinajstić information content (AvgIpc) is 2.76. The van der Waals surface area contributed by atoms with Gasteiger partial charge in [-0.2, -0.15) is 0 Å². The largest absolute Gasteiger partial charge is 0.360 e. The molecule has 94 valence electrons. The minimum atomic E-state index is -0.507. The molecular weight excluding hydrogens is 268 g/mol. The number of ketones is 1. The van der Waals surface area contributed by atoms with Gasteiger partial charge in [0.2, 0.25) is 0 Å². The van der Waals surface area contributed by atoms with Crippen LogP contribution in [0.25, 0.3) is 0 Å². The van der Waals surface area contributed by atoms with Crippen LogP contribution in [-0.2, 0) is 16.1 Å². The van der Waals surface area contributed by atoms with Gasteiger partial charge in [0, 0.05) is 4.88 Å². The summed E-state index contributed by atoms with van der Waals surface area (Å²) >= 11 is 7.32. The van der Waals surface area contributed by atoms with Gasteiger partial charge in [-0.25, -0.2) is 0 Å². The Kier molecular flexibility index (Phi) is 4.53. The van der Waals surface area contributed by atoms with Crippen molar-refractivity contribution in [2.75, 3.05) is 0 Å². The summed E-state index contributed by atoms with van der Waals surface area (Å²) in [5, 5.41) is 0. The van der Waals surface area contributed by atoms with Crippen LogP contribution in [-0.4, -0.2) is 5.78 Å². The molecule has 1 unspecified atom stereocenters. The zero-order valence-electron chi connectivity index (χ0n) is 9.93. The highest BCUT2D eigenvalue weighted by Crippen LogP contribution is 2.25. The number of hydrogen-bond acceptors (Lipinski definition) is 3. The first-order chi connectivity index (χ1) is 8.66. The molecule has 0 aliphatic heterocycles. The number of hydrogen-bond donors (Lipinski definition) is 0. The van der Waals surface area contributed by atoms with Crippen molar-refractivity contribution >= 4 is 28.7 Å². The monoisotopic (exact) mass is 280 g/mol. The summed E-state index contributed by atoms with van der Waals surface area (Å²) in [6.07, 6.45) is -0.507. The van der Waals surface area contributed by atoms with E-state index in [-0.39, 0.29) is 5.78 Å². The summed E-state index contributed by atoms with van der Waals surface area (Å²) in [4.78, 5) is 12.6. The molecule has 0 fully saturated rings. The molecule has 2 nitrogen and oxygen atoms in total. The van der Waals surface area contributed by atoms with Crippen molar-refractivity contribution in [3.63, 3.8) is 0 Å². The molecule has 0 aliphatic rings. The van der Waals surface area contributed by atoms with Crippen LogP contribution in [0.2, 0.25) is 4.34 Å². The molecule has 2 aromatic rings. The summed E-state index contributed by atoms with van der Waals surface area (Å²) in [5.41, 5.74) is 0.882. The van der Waals surface area contributed by atoms with Crippen molar-refractivity contribution in [2.24, 2.45) is 0 Å². The molecule has 0 N–H and O–H groups in total. The molecule has 18 heavy (non-hydrogen) atoms. The topological polar surface area (TPSA) is 26.3 Å². The Morgan fingerprint density at radius 1 is 1.28 bits per heavy atom. The molecule has 4 heteroatoms. The summed E-state index contributed by atoms with van der Waals surface area (Å²) < 4.78 is 6.42. The van der Waals surface area contributed by atoms with E-state index in [2.05, 4.69) is 0 Å². The minimum absolute atomic E-state index is 0.00357. The van der Waals surface area contributed by atoms with E-state index >= 15 is 0 Å². The van der Waals surface area contributed by atoms with E-state index in [4.69, 9.17) is 16.3 Å². The van der Waals surface area contributed by atoms with Crippen LogP contribution in [0.15, 0.2) is 42.5 Å². The third kappa shape index (κ3) is 3.42. The standard InChI is InChI=1S/C14H13ClO2S/c1-10(16)14(11-5-3-2-4-6-11)17-9-12-7-8-13(15)18-12/h2-8,14H,9H2,1H3. The minimum Gasteiger partial charge on any atom is -0.360 e. The lowest BCUT2D eigenvalue weighted by Gasteiger charge is -2.14. The van der Waals surface area contributed by atoms with E-state index in [9.17, 15) is 4.79 Å². The number of rotatable bonds is 5. The Labute approximate surface area is 115 Å². The molecule has 1 aromatic heterocycles. The van der Waals surface area contributed by atoms with Crippen LogP contribution in [0.3, 0.4) is 0 Å². The van der Waals surface area contributed by atoms with Gasteiger partial charge < -0.3 is 4.74 Å². The van der Waals surface area contributed by atoms with Gasteiger partial charge in [0.25, 0.3) is 0 Å². The molecule has 1 atom stereocenters. The number of thiophene rings is 1. The second-order valence-electron chi connectivity index (χ2n) is 3.92. The maximum absolute atomic E-state index is 11.6. The van der Waals surface area contributed by atoms with Crippen molar-refractivity contribution in [1.29, 1.82) is 0 Å². The fourth-order valence-electron chi connectivity index (χ4n) is 1.67. The first kappa shape index (κ1) is 13.3. The molecule has 0 saturated heterocycles. The quantitative estimate of drug-likeness (QED) is 0.818. The van der Waals surface area contributed by atoms with Gasteiger partial charge in [0.05, 0.1) is 10.9 Å². The Balaban J connectivity index is 2.06. The summed E-state index contributed by atoms with van der Waals surface area (Å²) in [5.74, 6) is 0.00357. The lowest BCUT2D eigenvalue weighted by Crippen LogP contribution is -2.12. The van der Waals surface area contributed by atoms with Gasteiger partial charge in [-0.15, -0.1) is 11.3 Å². The number of carbonyl (C=O) groups is 1. The molecule has 0 amide bonds. The van der Waals surface area contributed by atoms with Crippen molar-refractivity contribution in [1.82, 2.24) is 0 Å². The Morgan fingerprint density at radius 2 is 2.00 bits per heavy atom. The number of Topliss-reactive ketones (excluding diaryl/α,β-unsaturated/α-hetero) is 1. The van der Waals surface area contributed by atoms with E-state index in [0.29, 0.717) is 6.61 Å². The summed E-state index contributed by atoms with van der Waals surface area (Å²) in [7, 11) is 0. The van der Waals surface area contributed by atoms with E-state index in [1.165, 1.54) is 11.3 Å². The van der Waals surface area contributed by atoms with Crippen LogP contribution in [0.4, 0.5) is 0 Å². The third-order valence-corrected chi connectivity index (χ3v) is 3.70. The highest BCUT2D eigenvalue weighted by atomic mass is 35.5. The predicted octanol–water partition coefficient (Wildman–Crippen LogP) is 4.25. The molecule has 0 spiro atoms. The molecule has 2 rings (SSSR count). The lowest BCUT2D eigenvalue weighted by atomic mass is 10.1. The smallest absolute Gasteiger partial charge is 0.163 e. The summed E-state index contributed by atoms with van der Waals surface area (Å²) in [6.45, 7) is 1.94. The normalized spacial score (nSPS) is 12.3. The van der Waals surface area contributed by atoms with Crippen molar-refractivity contribution in [2.45, 2.75) is 19.6 Å². The maximum atomic E-state index is 11.6. The van der Waals surface area contributed by atoms with Gasteiger partial charge in [-0.3, -0.25) is 4.79 Å². The van der Waals surface area contributed by atoms with E-state index in [1.54, 1.807) is 6.92 Å². The molecule has 0 saturated carbocycles. The van der Waals surface area contributed by atoms with Gasteiger partial charge in [0.1, 0.15) is 6.10 Å². The van der Waals surface area contributed by atoms with Gasteiger partial charge in [0.15, 0.2) is 5.78 Å². The first-order valence-corrected chi connectivity index (χ1v) is 6.77. The maximum Gasteiger partial charge on any atom is 0.163 e. The number of carbonyl (C=O) groups excluding carboxylic acids is 1. The Bertz CT molecular complexity index is 522. The number of ether oxygens (including phenoxy) is 1. The molecule has 1 heterocycles. The SMILES string of the molecule is CC(=O)C(OCc1ccc(Cl)s1)c1ccccc1. The second kappa shape index (κ2) is 6.14. The highest BCUT2D eigenvalue weighted by molar-refractivity contribution is 7.16. The number of benzene rings is 1. The van der Waals surface area contributed by atoms with Crippen LogP contribution >= 0.6 is 22.9 Å². The lowest BCUT2D eigenvalue weighted by molar-refractivity contribution is -0.129. The molecule has 1 aromatic carbocycles. The van der Waals surface area contributed by atoms with E-state index in [1.807, 2.05) is 42.5 Å². The van der Waals surface area contributed by atoms with Crippen molar-refractivity contribution < 1.29 is 9.53 Å². The average molecular weight is 281 g/mol. The first-order valence-electron chi connectivity index (χ1n) is 5.58. The van der Waals surface area contributed by atoms with Crippen molar-refractivity contribution in [3.05, 3.63) is 57.2 Å². The fraction of sp³-hybridized carbons (Fsp3) is 0.214. The zero-order valence-corrected chi connectivity index (χ0v) is 11.5. The molecule has 0 radical (unpaired) electrons. The zero-order chi connectivity index (χ0) is 13.0. The van der Waals surface area contributed by atoms with Gasteiger partial charge in [-0.05, 0) is 24.6 Å².